The van der Waals surface area contributed by atoms with Gasteiger partial charge in [-0.05, 0) is 60.5 Å². The molecule has 2 aliphatic heterocycles. The van der Waals surface area contributed by atoms with Gasteiger partial charge in [-0.15, -0.1) is 0 Å². The molecule has 0 saturated heterocycles. The summed E-state index contributed by atoms with van der Waals surface area (Å²) in [7, 11) is 3.79. The van der Waals surface area contributed by atoms with E-state index in [1.165, 1.54) is 11.1 Å². The number of anilines is 3. The van der Waals surface area contributed by atoms with Crippen LogP contribution in [-0.4, -0.2) is 53.8 Å². The summed E-state index contributed by atoms with van der Waals surface area (Å²) in [5, 5.41) is 26.3. The quantitative estimate of drug-likeness (QED) is 0.536. The molecule has 1 unspecified atom stereocenters. The Morgan fingerprint density at radius 1 is 1.29 bits per heavy atom. The molecular weight excluding hydrogens is 428 g/mol. The number of ether oxygens (including phenoxy) is 1. The zero-order chi connectivity index (χ0) is 23.9. The van der Waals surface area contributed by atoms with Crippen molar-refractivity contribution in [1.82, 2.24) is 14.9 Å². The minimum Gasteiger partial charge on any atom is -0.495 e. The van der Waals surface area contributed by atoms with Crippen molar-refractivity contribution in [2.75, 3.05) is 44.5 Å². The molecule has 0 saturated carbocycles. The van der Waals surface area contributed by atoms with Crippen molar-refractivity contribution in [3.05, 3.63) is 58.8 Å². The lowest BCUT2D eigenvalue weighted by Crippen LogP contribution is -2.28. The Balaban J connectivity index is 1.50. The van der Waals surface area contributed by atoms with Crippen molar-refractivity contribution in [2.45, 2.75) is 25.3 Å². The topological polar surface area (TPSA) is 106 Å². The maximum Gasteiger partial charge on any atom is 0.227 e. The number of likely N-dealkylation sites (N-methyl/N-ethyl adjacent to an activating group) is 1. The predicted octanol–water partition coefficient (Wildman–Crippen LogP) is 3.43. The van der Waals surface area contributed by atoms with E-state index < -0.39 is 5.41 Å². The molecule has 5 rings (SSSR count). The second kappa shape index (κ2) is 8.60. The zero-order valence-corrected chi connectivity index (χ0v) is 19.6. The summed E-state index contributed by atoms with van der Waals surface area (Å²) in [6.45, 7) is 4.49. The number of nitrogens with zero attached hydrogens (tertiary/aromatic N) is 4. The van der Waals surface area contributed by atoms with Crippen LogP contribution < -0.4 is 15.4 Å². The van der Waals surface area contributed by atoms with E-state index in [1.54, 1.807) is 13.3 Å². The highest BCUT2D eigenvalue weighted by Crippen LogP contribution is 2.41. The number of benzene rings is 2. The van der Waals surface area contributed by atoms with Gasteiger partial charge < -0.3 is 25.4 Å². The molecule has 0 spiro atoms. The molecule has 0 fully saturated rings. The minimum atomic E-state index is -0.449. The van der Waals surface area contributed by atoms with E-state index in [0.29, 0.717) is 23.8 Å². The maximum absolute atomic E-state index is 9.98. The van der Waals surface area contributed by atoms with Crippen molar-refractivity contribution in [3.63, 3.8) is 0 Å². The highest BCUT2D eigenvalue weighted by Gasteiger charge is 2.36. The van der Waals surface area contributed by atoms with Crippen LogP contribution in [0.5, 0.6) is 5.75 Å². The van der Waals surface area contributed by atoms with Gasteiger partial charge in [0.1, 0.15) is 11.8 Å². The monoisotopic (exact) mass is 456 g/mol. The maximum atomic E-state index is 9.98. The Morgan fingerprint density at radius 3 is 2.91 bits per heavy atom. The zero-order valence-electron chi connectivity index (χ0n) is 19.6. The fraction of sp³-hybridized carbons (Fsp3) is 0.346. The van der Waals surface area contributed by atoms with Gasteiger partial charge in [-0.2, -0.15) is 5.26 Å². The molecule has 0 radical (unpaired) electrons. The van der Waals surface area contributed by atoms with Crippen LogP contribution in [0.15, 0.2) is 36.5 Å². The highest BCUT2D eigenvalue weighted by molar-refractivity contribution is 5.76. The molecule has 8 heteroatoms. The average Bonchev–Trinajstić information content (AvgIpc) is 3.20. The Kier molecular flexibility index (Phi) is 5.60. The van der Waals surface area contributed by atoms with Crippen molar-refractivity contribution in [1.29, 1.82) is 5.26 Å². The van der Waals surface area contributed by atoms with Gasteiger partial charge in [0.05, 0.1) is 36.3 Å². The van der Waals surface area contributed by atoms with Crippen molar-refractivity contribution in [3.8, 4) is 23.1 Å². The van der Waals surface area contributed by atoms with E-state index in [0.717, 1.165) is 47.8 Å². The molecule has 2 aromatic carbocycles. The Bertz CT molecular complexity index is 1300. The number of rotatable bonds is 5. The molecule has 1 aromatic heterocycles. The first-order valence-electron chi connectivity index (χ1n) is 11.4. The number of hydrogen-bond donors (Lipinski definition) is 3. The molecule has 0 amide bonds. The smallest absolute Gasteiger partial charge is 0.227 e. The highest BCUT2D eigenvalue weighted by atomic mass is 16.5. The summed E-state index contributed by atoms with van der Waals surface area (Å²) in [5.74, 6) is 1.20. The third-order valence-electron chi connectivity index (χ3n) is 6.84. The molecular formula is C26H28N6O2. The van der Waals surface area contributed by atoms with Gasteiger partial charge in [0, 0.05) is 36.8 Å². The second-order valence-corrected chi connectivity index (χ2v) is 9.33. The van der Waals surface area contributed by atoms with Gasteiger partial charge in [-0.1, -0.05) is 6.92 Å². The van der Waals surface area contributed by atoms with Crippen LogP contribution in [0.1, 0.15) is 29.2 Å². The molecule has 3 aromatic rings. The Hall–Kier alpha value is -3.67. The summed E-state index contributed by atoms with van der Waals surface area (Å²) in [6.07, 6.45) is 2.68. The van der Waals surface area contributed by atoms with Crippen LogP contribution in [0.2, 0.25) is 0 Å². The average molecular weight is 457 g/mol. The van der Waals surface area contributed by atoms with Crippen LogP contribution >= 0.6 is 0 Å². The number of aromatic nitrogens is 2. The third-order valence-corrected chi connectivity index (χ3v) is 6.84. The van der Waals surface area contributed by atoms with Crippen LogP contribution in [0, 0.1) is 11.3 Å². The molecule has 3 N–H and O–H groups in total. The third kappa shape index (κ3) is 3.83. The molecule has 0 aliphatic carbocycles. The second-order valence-electron chi connectivity index (χ2n) is 9.33. The first-order chi connectivity index (χ1) is 16.4. The van der Waals surface area contributed by atoms with E-state index in [1.807, 2.05) is 25.1 Å². The first kappa shape index (κ1) is 22.1. The number of methoxy groups -OCH3 is 1. The summed E-state index contributed by atoms with van der Waals surface area (Å²) < 4.78 is 5.65. The molecule has 3 heterocycles. The number of nitrogens with one attached hydrogen (secondary N) is 2. The van der Waals surface area contributed by atoms with Crippen LogP contribution in [0.25, 0.3) is 11.3 Å². The largest absolute Gasteiger partial charge is 0.495 e. The molecule has 2 aliphatic rings. The van der Waals surface area contributed by atoms with Crippen LogP contribution in [-0.2, 0) is 18.4 Å². The molecule has 0 bridgehead atoms. The lowest BCUT2D eigenvalue weighted by Gasteiger charge is -2.26. The number of nitriles is 1. The fourth-order valence-electron chi connectivity index (χ4n) is 4.76. The van der Waals surface area contributed by atoms with Gasteiger partial charge in [0.2, 0.25) is 5.95 Å². The summed E-state index contributed by atoms with van der Waals surface area (Å²) in [5.41, 5.74) is 6.71. The summed E-state index contributed by atoms with van der Waals surface area (Å²) in [6, 6.07) is 12.1. The lowest BCUT2D eigenvalue weighted by atomic mass is 9.83. The van der Waals surface area contributed by atoms with Gasteiger partial charge in [-0.25, -0.2) is 9.97 Å². The Morgan fingerprint density at radius 2 is 2.15 bits per heavy atom. The number of aliphatic hydroxyl groups excluding tert-OH is 1. The Labute approximate surface area is 199 Å². The fourth-order valence-corrected chi connectivity index (χ4v) is 4.76. The minimum absolute atomic E-state index is 0.00812. The molecule has 34 heavy (non-hydrogen) atoms. The first-order valence-corrected chi connectivity index (χ1v) is 11.4. The lowest BCUT2D eigenvalue weighted by molar-refractivity contribution is 0.219. The SMILES string of the molecule is COc1cc2c(cc1Nc1nccc(-c3cc(C#N)c4c(c3)C(C)(CO)CN4)n1)CCN(C)C2. The summed E-state index contributed by atoms with van der Waals surface area (Å²) >= 11 is 0. The van der Waals surface area contributed by atoms with Crippen molar-refractivity contribution < 1.29 is 9.84 Å². The van der Waals surface area contributed by atoms with E-state index in [4.69, 9.17) is 9.72 Å². The van der Waals surface area contributed by atoms with Crippen molar-refractivity contribution >= 4 is 17.3 Å². The van der Waals surface area contributed by atoms with E-state index in [2.05, 4.69) is 45.8 Å². The van der Waals surface area contributed by atoms with Gasteiger partial charge in [0.15, 0.2) is 0 Å². The van der Waals surface area contributed by atoms with Crippen LogP contribution in [0.4, 0.5) is 17.3 Å². The van der Waals surface area contributed by atoms with E-state index >= 15 is 0 Å². The van der Waals surface area contributed by atoms with E-state index in [-0.39, 0.29) is 6.61 Å². The number of aliphatic hydroxyl groups is 1. The standard InChI is InChI=1S/C26H28N6O2/c1-26(15-33)14-29-24-18(12-27)8-17(9-20(24)26)21-4-6-28-25(30-21)31-22-10-16-5-7-32(2)13-19(16)11-23(22)34-3/h4,6,8-11,29,33H,5,7,13-15H2,1-3H3,(H,28,30,31). The van der Waals surface area contributed by atoms with Gasteiger partial charge in [0.25, 0.3) is 0 Å². The predicted molar refractivity (Wildman–Crippen MR) is 131 cm³/mol. The van der Waals surface area contributed by atoms with Crippen LogP contribution in [0.3, 0.4) is 0 Å². The molecule has 1 atom stereocenters. The number of hydrogen-bond acceptors (Lipinski definition) is 8. The molecule has 174 valence electrons. The van der Waals surface area contributed by atoms with Gasteiger partial charge in [-0.3, -0.25) is 0 Å². The van der Waals surface area contributed by atoms with E-state index in [9.17, 15) is 10.4 Å². The van der Waals surface area contributed by atoms with Gasteiger partial charge >= 0.3 is 0 Å². The molecule has 8 nitrogen and oxygen atoms in total. The van der Waals surface area contributed by atoms with Crippen molar-refractivity contribution in [2.24, 2.45) is 0 Å². The number of fused-ring (bicyclic) bond motifs is 2. The normalized spacial score (nSPS) is 19.0. The summed E-state index contributed by atoms with van der Waals surface area (Å²) in [4.78, 5) is 11.4.